The lowest BCUT2D eigenvalue weighted by molar-refractivity contribution is 0.125. The molecule has 16 heavy (non-hydrogen) atoms. The van der Waals surface area contributed by atoms with E-state index in [0.717, 1.165) is 25.6 Å². The van der Waals surface area contributed by atoms with Gasteiger partial charge >= 0.3 is 0 Å². The van der Waals surface area contributed by atoms with Crippen LogP contribution in [0.5, 0.6) is 0 Å². The highest BCUT2D eigenvalue weighted by atomic mass is 15.2. The largest absolute Gasteiger partial charge is 0.303 e. The van der Waals surface area contributed by atoms with Crippen molar-refractivity contribution in [3.05, 3.63) is 0 Å². The lowest BCUT2D eigenvalue weighted by Crippen LogP contribution is -2.44. The van der Waals surface area contributed by atoms with Crippen molar-refractivity contribution in [3.63, 3.8) is 0 Å². The fraction of sp³-hybridized carbons (Fsp3) is 0.923. The van der Waals surface area contributed by atoms with E-state index in [1.54, 1.807) is 0 Å². The summed E-state index contributed by atoms with van der Waals surface area (Å²) in [6.07, 6.45) is 4.97. The van der Waals surface area contributed by atoms with Crippen molar-refractivity contribution in [3.8, 4) is 6.07 Å². The average Bonchev–Trinajstić information content (AvgIpc) is 2.79. The summed E-state index contributed by atoms with van der Waals surface area (Å²) in [5.41, 5.74) is 0. The van der Waals surface area contributed by atoms with E-state index in [-0.39, 0.29) is 0 Å². The molecular weight excluding hydrogens is 198 g/mol. The van der Waals surface area contributed by atoms with Gasteiger partial charge in [0.05, 0.1) is 12.0 Å². The highest BCUT2D eigenvalue weighted by Crippen LogP contribution is 2.23. The van der Waals surface area contributed by atoms with Gasteiger partial charge in [-0.05, 0) is 51.9 Å². The number of hydrogen-bond acceptors (Lipinski definition) is 3. The van der Waals surface area contributed by atoms with Crippen molar-refractivity contribution in [2.75, 3.05) is 32.7 Å². The first-order valence-electron chi connectivity index (χ1n) is 6.69. The van der Waals surface area contributed by atoms with Crippen LogP contribution in [0.25, 0.3) is 0 Å². The summed E-state index contributed by atoms with van der Waals surface area (Å²) in [4.78, 5) is 5.13. The van der Waals surface area contributed by atoms with Crippen LogP contribution in [0.1, 0.15) is 32.6 Å². The van der Waals surface area contributed by atoms with E-state index in [2.05, 4.69) is 22.8 Å². The van der Waals surface area contributed by atoms with Crippen molar-refractivity contribution in [1.29, 1.82) is 5.26 Å². The van der Waals surface area contributed by atoms with Gasteiger partial charge in [-0.25, -0.2) is 0 Å². The maximum absolute atomic E-state index is 8.91. The first-order chi connectivity index (χ1) is 7.83. The molecule has 2 rings (SSSR count). The molecule has 0 aliphatic carbocycles. The zero-order chi connectivity index (χ0) is 11.4. The maximum Gasteiger partial charge on any atom is 0.0669 e. The molecule has 90 valence electrons. The summed E-state index contributed by atoms with van der Waals surface area (Å²) in [7, 11) is 0. The molecular formula is C13H23N3. The summed E-state index contributed by atoms with van der Waals surface area (Å²) in [5.74, 6) is 0.300. The molecule has 0 saturated carbocycles. The SMILES string of the molecule is CCCN1CCC(N2CCC(C#N)C2)CC1. The predicted molar refractivity (Wildman–Crippen MR) is 65.0 cm³/mol. The van der Waals surface area contributed by atoms with E-state index in [1.807, 2.05) is 0 Å². The van der Waals surface area contributed by atoms with Gasteiger partial charge in [0.25, 0.3) is 0 Å². The number of nitrogens with zero attached hydrogens (tertiary/aromatic N) is 3. The number of hydrogen-bond donors (Lipinski definition) is 0. The van der Waals surface area contributed by atoms with Gasteiger partial charge in [0, 0.05) is 12.6 Å². The molecule has 1 atom stereocenters. The normalized spacial score (nSPS) is 29.4. The zero-order valence-electron chi connectivity index (χ0n) is 10.4. The van der Waals surface area contributed by atoms with Gasteiger partial charge in [-0.2, -0.15) is 5.26 Å². The van der Waals surface area contributed by atoms with Crippen LogP contribution in [0.3, 0.4) is 0 Å². The minimum absolute atomic E-state index is 0.300. The van der Waals surface area contributed by atoms with Crippen LogP contribution in [0.4, 0.5) is 0 Å². The first kappa shape index (κ1) is 11.9. The molecule has 0 bridgehead atoms. The average molecular weight is 221 g/mol. The minimum atomic E-state index is 0.300. The van der Waals surface area contributed by atoms with Gasteiger partial charge in [-0.3, -0.25) is 4.90 Å². The van der Waals surface area contributed by atoms with Crippen LogP contribution in [0.15, 0.2) is 0 Å². The van der Waals surface area contributed by atoms with Gasteiger partial charge in [-0.1, -0.05) is 6.92 Å². The summed E-state index contributed by atoms with van der Waals surface area (Å²) in [6, 6.07) is 3.17. The number of likely N-dealkylation sites (tertiary alicyclic amines) is 2. The Morgan fingerprint density at radius 3 is 2.50 bits per heavy atom. The Bertz CT molecular complexity index is 250. The van der Waals surface area contributed by atoms with E-state index in [0.29, 0.717) is 5.92 Å². The number of rotatable bonds is 3. The maximum atomic E-state index is 8.91. The lowest BCUT2D eigenvalue weighted by atomic mass is 10.0. The molecule has 1 unspecified atom stereocenters. The van der Waals surface area contributed by atoms with Crippen molar-refractivity contribution in [2.24, 2.45) is 5.92 Å². The molecule has 0 radical (unpaired) electrons. The Morgan fingerprint density at radius 1 is 1.19 bits per heavy atom. The Kier molecular flexibility index (Phi) is 4.20. The molecule has 2 aliphatic rings. The summed E-state index contributed by atoms with van der Waals surface area (Å²) in [5, 5.41) is 8.91. The van der Waals surface area contributed by atoms with Crippen molar-refractivity contribution in [2.45, 2.75) is 38.6 Å². The van der Waals surface area contributed by atoms with Gasteiger partial charge in [0.15, 0.2) is 0 Å². The predicted octanol–water partition coefficient (Wildman–Crippen LogP) is 1.71. The highest BCUT2D eigenvalue weighted by Gasteiger charge is 2.30. The highest BCUT2D eigenvalue weighted by molar-refractivity contribution is 4.93. The van der Waals surface area contributed by atoms with E-state index in [1.165, 1.54) is 38.9 Å². The standard InChI is InChI=1S/C13H23N3/c1-2-6-15-7-4-13(5-8-15)16-9-3-12(10-14)11-16/h12-13H,2-9,11H2,1H3. The van der Waals surface area contributed by atoms with Crippen LogP contribution < -0.4 is 0 Å². The van der Waals surface area contributed by atoms with E-state index in [4.69, 9.17) is 5.26 Å². The molecule has 0 amide bonds. The Labute approximate surface area is 99.0 Å². The molecule has 2 saturated heterocycles. The van der Waals surface area contributed by atoms with Crippen molar-refractivity contribution in [1.82, 2.24) is 9.80 Å². The van der Waals surface area contributed by atoms with E-state index in [9.17, 15) is 0 Å². The molecule has 0 aromatic carbocycles. The Morgan fingerprint density at radius 2 is 1.94 bits per heavy atom. The Balaban J connectivity index is 1.75. The van der Waals surface area contributed by atoms with Crippen LogP contribution in [-0.2, 0) is 0 Å². The van der Waals surface area contributed by atoms with Crippen molar-refractivity contribution < 1.29 is 0 Å². The van der Waals surface area contributed by atoms with Crippen LogP contribution in [-0.4, -0.2) is 48.6 Å². The molecule has 0 N–H and O–H groups in total. The molecule has 2 heterocycles. The summed E-state index contributed by atoms with van der Waals surface area (Å²) in [6.45, 7) is 8.20. The quantitative estimate of drug-likeness (QED) is 0.727. The van der Waals surface area contributed by atoms with Gasteiger partial charge in [0.1, 0.15) is 0 Å². The second-order valence-electron chi connectivity index (χ2n) is 5.18. The molecule has 0 aromatic rings. The first-order valence-corrected chi connectivity index (χ1v) is 6.69. The fourth-order valence-corrected chi connectivity index (χ4v) is 3.05. The third-order valence-corrected chi connectivity index (χ3v) is 4.02. The topological polar surface area (TPSA) is 30.3 Å². The van der Waals surface area contributed by atoms with Crippen molar-refractivity contribution >= 4 is 0 Å². The second-order valence-corrected chi connectivity index (χ2v) is 5.18. The fourth-order valence-electron chi connectivity index (χ4n) is 3.05. The van der Waals surface area contributed by atoms with Crippen LogP contribution >= 0.6 is 0 Å². The molecule has 0 aromatic heterocycles. The number of nitriles is 1. The minimum Gasteiger partial charge on any atom is -0.303 e. The summed E-state index contributed by atoms with van der Waals surface area (Å²) < 4.78 is 0. The molecule has 3 heteroatoms. The third kappa shape index (κ3) is 2.75. The Hall–Kier alpha value is -0.590. The smallest absolute Gasteiger partial charge is 0.0669 e. The molecule has 3 nitrogen and oxygen atoms in total. The lowest BCUT2D eigenvalue weighted by Gasteiger charge is -2.36. The van der Waals surface area contributed by atoms with Gasteiger partial charge in [0.2, 0.25) is 0 Å². The number of piperidine rings is 1. The van der Waals surface area contributed by atoms with Crippen LogP contribution in [0.2, 0.25) is 0 Å². The monoisotopic (exact) mass is 221 g/mol. The third-order valence-electron chi connectivity index (χ3n) is 4.02. The van der Waals surface area contributed by atoms with E-state index >= 15 is 0 Å². The van der Waals surface area contributed by atoms with Crippen LogP contribution in [0, 0.1) is 17.2 Å². The summed E-state index contributed by atoms with van der Waals surface area (Å²) >= 11 is 0. The second kappa shape index (κ2) is 5.65. The van der Waals surface area contributed by atoms with Gasteiger partial charge < -0.3 is 4.90 Å². The zero-order valence-corrected chi connectivity index (χ0v) is 10.4. The molecule has 2 fully saturated rings. The van der Waals surface area contributed by atoms with Gasteiger partial charge in [-0.15, -0.1) is 0 Å². The molecule has 2 aliphatic heterocycles. The molecule has 0 spiro atoms. The van der Waals surface area contributed by atoms with E-state index < -0.39 is 0 Å².